The third-order valence-electron chi connectivity index (χ3n) is 4.60. The van der Waals surface area contributed by atoms with Crippen LogP contribution in [-0.4, -0.2) is 56.6 Å². The Balaban J connectivity index is 1.87. The number of aliphatic imine (C=N–C) groups is 1. The van der Waals surface area contributed by atoms with Crippen LogP contribution in [0.25, 0.3) is 6.08 Å². The standard InChI is InChI=1S/C24H26N2O6/c1-6-30-21-13-16(10-11-20(21)31-15(2)23(27)26(3)4)12-19-24(28)32-22(25-19)17-8-7-9-18(14-17)29-5/h7-15H,6H2,1-5H3/b19-12+. The van der Waals surface area contributed by atoms with Crippen LogP contribution in [-0.2, 0) is 14.3 Å². The zero-order valence-corrected chi connectivity index (χ0v) is 18.7. The Hall–Kier alpha value is -3.81. The van der Waals surface area contributed by atoms with Crippen LogP contribution in [0.3, 0.4) is 0 Å². The number of nitrogens with zero attached hydrogens (tertiary/aromatic N) is 2. The average Bonchev–Trinajstić information content (AvgIpc) is 3.15. The first-order valence-corrected chi connectivity index (χ1v) is 10.1. The van der Waals surface area contributed by atoms with E-state index in [1.807, 2.05) is 6.92 Å². The summed E-state index contributed by atoms with van der Waals surface area (Å²) in [5.41, 5.74) is 1.48. The van der Waals surface area contributed by atoms with Gasteiger partial charge in [-0.25, -0.2) is 9.79 Å². The lowest BCUT2D eigenvalue weighted by Crippen LogP contribution is -2.35. The highest BCUT2D eigenvalue weighted by atomic mass is 16.6. The van der Waals surface area contributed by atoms with Crippen molar-refractivity contribution >= 4 is 23.9 Å². The minimum atomic E-state index is -0.673. The number of esters is 1. The summed E-state index contributed by atoms with van der Waals surface area (Å²) in [6, 6.07) is 12.3. The van der Waals surface area contributed by atoms with E-state index in [-0.39, 0.29) is 17.5 Å². The molecule has 0 fully saturated rings. The Bertz CT molecular complexity index is 1070. The van der Waals surface area contributed by atoms with E-state index in [0.29, 0.717) is 35.0 Å². The Morgan fingerprint density at radius 1 is 1.19 bits per heavy atom. The van der Waals surface area contributed by atoms with E-state index >= 15 is 0 Å². The predicted octanol–water partition coefficient (Wildman–Crippen LogP) is 3.29. The maximum absolute atomic E-state index is 12.3. The fourth-order valence-electron chi connectivity index (χ4n) is 3.03. The lowest BCUT2D eigenvalue weighted by atomic mass is 10.1. The summed E-state index contributed by atoms with van der Waals surface area (Å²) in [7, 11) is 4.90. The van der Waals surface area contributed by atoms with Gasteiger partial charge in [0.05, 0.1) is 13.7 Å². The van der Waals surface area contributed by atoms with E-state index in [4.69, 9.17) is 18.9 Å². The highest BCUT2D eigenvalue weighted by molar-refractivity contribution is 6.13. The van der Waals surface area contributed by atoms with Gasteiger partial charge in [-0.1, -0.05) is 12.1 Å². The van der Waals surface area contributed by atoms with Crippen LogP contribution in [0, 0.1) is 0 Å². The van der Waals surface area contributed by atoms with Crippen molar-refractivity contribution in [2.45, 2.75) is 20.0 Å². The van der Waals surface area contributed by atoms with Gasteiger partial charge in [-0.3, -0.25) is 4.79 Å². The van der Waals surface area contributed by atoms with Crippen LogP contribution < -0.4 is 14.2 Å². The molecule has 0 radical (unpaired) electrons. The molecule has 0 aliphatic carbocycles. The van der Waals surface area contributed by atoms with Crippen LogP contribution in [0.2, 0.25) is 0 Å². The molecular formula is C24H26N2O6. The fourth-order valence-corrected chi connectivity index (χ4v) is 3.03. The molecule has 0 N–H and O–H groups in total. The van der Waals surface area contributed by atoms with Gasteiger partial charge in [0.15, 0.2) is 23.3 Å². The summed E-state index contributed by atoms with van der Waals surface area (Å²) in [5.74, 6) is 1.03. The molecule has 168 valence electrons. The summed E-state index contributed by atoms with van der Waals surface area (Å²) in [6.07, 6.45) is 0.934. The number of methoxy groups -OCH3 is 1. The number of carbonyl (C=O) groups is 2. The highest BCUT2D eigenvalue weighted by Crippen LogP contribution is 2.31. The normalized spacial score (nSPS) is 15.1. The Morgan fingerprint density at radius 2 is 1.97 bits per heavy atom. The minimum Gasteiger partial charge on any atom is -0.497 e. The predicted molar refractivity (Wildman–Crippen MR) is 120 cm³/mol. The summed E-state index contributed by atoms with van der Waals surface area (Å²) in [6.45, 7) is 3.94. The number of amides is 1. The molecular weight excluding hydrogens is 412 g/mol. The number of benzene rings is 2. The molecule has 1 aliphatic heterocycles. The van der Waals surface area contributed by atoms with Gasteiger partial charge < -0.3 is 23.8 Å². The van der Waals surface area contributed by atoms with Gasteiger partial charge >= 0.3 is 5.97 Å². The molecule has 1 unspecified atom stereocenters. The van der Waals surface area contributed by atoms with Crippen molar-refractivity contribution in [2.75, 3.05) is 27.8 Å². The van der Waals surface area contributed by atoms with Gasteiger partial charge in [0.25, 0.3) is 5.91 Å². The Labute approximate surface area is 187 Å². The molecule has 0 spiro atoms. The first-order chi connectivity index (χ1) is 15.3. The van der Waals surface area contributed by atoms with Crippen molar-refractivity contribution in [1.29, 1.82) is 0 Å². The first kappa shape index (κ1) is 22.9. The summed E-state index contributed by atoms with van der Waals surface area (Å²) in [4.78, 5) is 30.3. The molecule has 0 aromatic heterocycles. The maximum Gasteiger partial charge on any atom is 0.363 e. The van der Waals surface area contributed by atoms with Crippen LogP contribution >= 0.6 is 0 Å². The summed E-state index contributed by atoms with van der Waals surface area (Å²) >= 11 is 0. The van der Waals surface area contributed by atoms with Gasteiger partial charge in [-0.2, -0.15) is 0 Å². The molecule has 2 aromatic rings. The molecule has 1 atom stereocenters. The molecule has 2 aromatic carbocycles. The highest BCUT2D eigenvalue weighted by Gasteiger charge is 2.25. The van der Waals surface area contributed by atoms with E-state index in [1.165, 1.54) is 4.90 Å². The van der Waals surface area contributed by atoms with Crippen molar-refractivity contribution in [3.8, 4) is 17.2 Å². The maximum atomic E-state index is 12.3. The van der Waals surface area contributed by atoms with Gasteiger partial charge in [0.1, 0.15) is 5.75 Å². The first-order valence-electron chi connectivity index (χ1n) is 10.1. The largest absolute Gasteiger partial charge is 0.497 e. The van der Waals surface area contributed by atoms with Crippen molar-refractivity contribution in [3.63, 3.8) is 0 Å². The number of hydrogen-bond donors (Lipinski definition) is 0. The van der Waals surface area contributed by atoms with Gasteiger partial charge in [-0.05, 0) is 55.8 Å². The van der Waals surface area contributed by atoms with Crippen molar-refractivity contribution < 1.29 is 28.5 Å². The topological polar surface area (TPSA) is 86.7 Å². The molecule has 8 heteroatoms. The van der Waals surface area contributed by atoms with Crippen LogP contribution in [0.5, 0.6) is 17.2 Å². The lowest BCUT2D eigenvalue weighted by molar-refractivity contribution is -0.135. The van der Waals surface area contributed by atoms with Crippen LogP contribution in [0.1, 0.15) is 25.0 Å². The van der Waals surface area contributed by atoms with Gasteiger partial charge in [0.2, 0.25) is 5.90 Å². The van der Waals surface area contributed by atoms with E-state index < -0.39 is 12.1 Å². The third-order valence-corrected chi connectivity index (χ3v) is 4.60. The van der Waals surface area contributed by atoms with Crippen LogP contribution in [0.4, 0.5) is 0 Å². The zero-order valence-electron chi connectivity index (χ0n) is 18.7. The average molecular weight is 438 g/mol. The zero-order chi connectivity index (χ0) is 23.3. The van der Waals surface area contributed by atoms with Crippen LogP contribution in [0.15, 0.2) is 53.2 Å². The minimum absolute atomic E-state index is 0.160. The summed E-state index contributed by atoms with van der Waals surface area (Å²) in [5, 5.41) is 0. The molecule has 3 rings (SSSR count). The van der Waals surface area contributed by atoms with Gasteiger partial charge in [-0.15, -0.1) is 0 Å². The van der Waals surface area contributed by atoms with E-state index in [9.17, 15) is 9.59 Å². The molecule has 32 heavy (non-hydrogen) atoms. The van der Waals surface area contributed by atoms with Gasteiger partial charge in [0, 0.05) is 19.7 Å². The molecule has 0 bridgehead atoms. The van der Waals surface area contributed by atoms with Crippen molar-refractivity contribution in [3.05, 3.63) is 59.3 Å². The number of hydrogen-bond acceptors (Lipinski definition) is 7. The van der Waals surface area contributed by atoms with E-state index in [1.54, 1.807) is 76.7 Å². The third kappa shape index (κ3) is 5.26. The fraction of sp³-hybridized carbons (Fsp3) is 0.292. The summed E-state index contributed by atoms with van der Waals surface area (Å²) < 4.78 is 22.0. The van der Waals surface area contributed by atoms with E-state index in [0.717, 1.165) is 0 Å². The van der Waals surface area contributed by atoms with Crippen molar-refractivity contribution in [2.24, 2.45) is 4.99 Å². The number of likely N-dealkylation sites (N-methyl/N-ethyl adjacent to an activating group) is 1. The Kier molecular flexibility index (Phi) is 7.14. The molecule has 1 aliphatic rings. The quantitative estimate of drug-likeness (QED) is 0.464. The second kappa shape index (κ2) is 10.00. The second-order valence-corrected chi connectivity index (χ2v) is 7.20. The molecule has 0 saturated heterocycles. The van der Waals surface area contributed by atoms with E-state index in [2.05, 4.69) is 4.99 Å². The Morgan fingerprint density at radius 3 is 2.66 bits per heavy atom. The SMILES string of the molecule is CCOc1cc(/C=C2/N=C(c3cccc(OC)c3)OC2=O)ccc1OC(C)C(=O)N(C)C. The number of cyclic esters (lactones) is 1. The monoisotopic (exact) mass is 438 g/mol. The molecule has 8 nitrogen and oxygen atoms in total. The van der Waals surface area contributed by atoms with Crippen molar-refractivity contribution in [1.82, 2.24) is 4.90 Å². The number of carbonyl (C=O) groups excluding carboxylic acids is 2. The lowest BCUT2D eigenvalue weighted by Gasteiger charge is -2.20. The second-order valence-electron chi connectivity index (χ2n) is 7.20. The molecule has 1 amide bonds. The number of ether oxygens (including phenoxy) is 4. The number of rotatable bonds is 8. The molecule has 1 heterocycles. The molecule has 0 saturated carbocycles. The smallest absolute Gasteiger partial charge is 0.363 e.